The van der Waals surface area contributed by atoms with Gasteiger partial charge in [-0.05, 0) is 38.6 Å². The summed E-state index contributed by atoms with van der Waals surface area (Å²) >= 11 is 0. The average Bonchev–Trinajstić information content (AvgIpc) is 3.15. The molecule has 1 aromatic carbocycles. The van der Waals surface area contributed by atoms with E-state index in [1.807, 2.05) is 30.3 Å². The van der Waals surface area contributed by atoms with Crippen molar-refractivity contribution in [3.05, 3.63) is 54.0 Å². The van der Waals surface area contributed by atoms with Crippen LogP contribution in [0.25, 0.3) is 10.9 Å². The summed E-state index contributed by atoms with van der Waals surface area (Å²) < 4.78 is 11.1. The first-order valence-electron chi connectivity index (χ1n) is 9.10. The Morgan fingerprint density at radius 1 is 1.37 bits per heavy atom. The number of likely N-dealkylation sites (N-methyl/N-ethyl adjacent to an activating group) is 1. The van der Waals surface area contributed by atoms with Crippen LogP contribution in [-0.4, -0.2) is 47.1 Å². The van der Waals surface area contributed by atoms with Crippen LogP contribution in [-0.2, 0) is 6.61 Å². The zero-order valence-corrected chi connectivity index (χ0v) is 15.2. The molecule has 1 aliphatic rings. The average molecular weight is 366 g/mol. The number of nitrogens with zero attached hydrogens (tertiary/aromatic N) is 3. The maximum Gasteiger partial charge on any atom is 0.273 e. The summed E-state index contributed by atoms with van der Waals surface area (Å²) in [5.74, 6) is 0.951. The highest BCUT2D eigenvalue weighted by atomic mass is 16.5. The first-order chi connectivity index (χ1) is 13.2. The normalized spacial score (nSPS) is 17.7. The van der Waals surface area contributed by atoms with Gasteiger partial charge >= 0.3 is 0 Å². The van der Waals surface area contributed by atoms with Gasteiger partial charge in [0.2, 0.25) is 0 Å². The lowest BCUT2D eigenvalue weighted by Crippen LogP contribution is -2.46. The Morgan fingerprint density at radius 3 is 3.15 bits per heavy atom. The molecule has 1 aliphatic heterocycles. The van der Waals surface area contributed by atoms with Crippen molar-refractivity contribution in [2.24, 2.45) is 0 Å². The second-order valence-electron chi connectivity index (χ2n) is 6.87. The summed E-state index contributed by atoms with van der Waals surface area (Å²) in [6.07, 6.45) is 3.80. The van der Waals surface area contributed by atoms with E-state index in [4.69, 9.17) is 9.26 Å². The second-order valence-corrected chi connectivity index (χ2v) is 6.87. The van der Waals surface area contributed by atoms with Gasteiger partial charge in [0.25, 0.3) is 5.91 Å². The number of carbonyl (C=O) groups is 1. The van der Waals surface area contributed by atoms with Gasteiger partial charge in [-0.1, -0.05) is 23.4 Å². The van der Waals surface area contributed by atoms with Crippen LogP contribution < -0.4 is 10.1 Å². The van der Waals surface area contributed by atoms with Crippen molar-refractivity contribution in [2.75, 3.05) is 20.1 Å². The van der Waals surface area contributed by atoms with E-state index >= 15 is 0 Å². The second kappa shape index (κ2) is 7.75. The lowest BCUT2D eigenvalue weighted by Gasteiger charge is -2.29. The Labute approximate surface area is 157 Å². The molecule has 140 valence electrons. The number of amides is 1. The van der Waals surface area contributed by atoms with E-state index in [-0.39, 0.29) is 24.2 Å². The van der Waals surface area contributed by atoms with Crippen molar-refractivity contribution in [1.82, 2.24) is 20.4 Å². The molecule has 7 heteroatoms. The minimum atomic E-state index is -0.211. The predicted molar refractivity (Wildman–Crippen MR) is 101 cm³/mol. The van der Waals surface area contributed by atoms with Crippen molar-refractivity contribution < 1.29 is 14.1 Å². The quantitative estimate of drug-likeness (QED) is 0.748. The van der Waals surface area contributed by atoms with E-state index in [1.165, 1.54) is 0 Å². The van der Waals surface area contributed by atoms with Crippen molar-refractivity contribution in [1.29, 1.82) is 0 Å². The van der Waals surface area contributed by atoms with Crippen molar-refractivity contribution in [3.63, 3.8) is 0 Å². The molecule has 1 N–H and O–H groups in total. The molecule has 0 aliphatic carbocycles. The highest BCUT2D eigenvalue weighted by Crippen LogP contribution is 2.24. The molecular weight excluding hydrogens is 344 g/mol. The zero-order valence-electron chi connectivity index (χ0n) is 15.2. The van der Waals surface area contributed by atoms with E-state index in [9.17, 15) is 4.79 Å². The lowest BCUT2D eigenvalue weighted by atomic mass is 10.1. The van der Waals surface area contributed by atoms with E-state index in [2.05, 4.69) is 27.4 Å². The highest BCUT2D eigenvalue weighted by Gasteiger charge is 2.21. The van der Waals surface area contributed by atoms with Gasteiger partial charge in [0, 0.05) is 30.2 Å². The van der Waals surface area contributed by atoms with Crippen molar-refractivity contribution in [2.45, 2.75) is 25.5 Å². The number of fused-ring (bicyclic) bond motifs is 1. The molecule has 1 amide bonds. The number of hydrogen-bond acceptors (Lipinski definition) is 6. The van der Waals surface area contributed by atoms with Crippen LogP contribution in [0.1, 0.15) is 29.1 Å². The Bertz CT molecular complexity index is 934. The number of pyridine rings is 1. The minimum Gasteiger partial charge on any atom is -0.483 e. The van der Waals surface area contributed by atoms with Gasteiger partial charge in [0.15, 0.2) is 11.5 Å². The van der Waals surface area contributed by atoms with Gasteiger partial charge in [-0.2, -0.15) is 0 Å². The SMILES string of the molecule is CN1CCCC(NC(=O)c2cc(COc3cccc4cccnc34)on2)C1. The van der Waals surface area contributed by atoms with Crippen LogP contribution in [0, 0.1) is 0 Å². The zero-order chi connectivity index (χ0) is 18.6. The molecule has 4 rings (SSSR count). The Kier molecular flexibility index (Phi) is 5.02. The molecule has 3 aromatic rings. The molecule has 27 heavy (non-hydrogen) atoms. The van der Waals surface area contributed by atoms with E-state index in [1.54, 1.807) is 12.3 Å². The molecule has 1 saturated heterocycles. The molecule has 0 spiro atoms. The number of rotatable bonds is 5. The number of ether oxygens (including phenoxy) is 1. The molecule has 0 bridgehead atoms. The fraction of sp³-hybridized carbons (Fsp3) is 0.350. The number of piperidine rings is 1. The summed E-state index contributed by atoms with van der Waals surface area (Å²) in [6, 6.07) is 11.4. The van der Waals surface area contributed by atoms with Gasteiger partial charge < -0.3 is 19.5 Å². The van der Waals surface area contributed by atoms with Gasteiger partial charge in [-0.25, -0.2) is 0 Å². The number of likely N-dealkylation sites (tertiary alicyclic amines) is 1. The topological polar surface area (TPSA) is 80.5 Å². The molecular formula is C20H22N4O3. The Hall–Kier alpha value is -2.93. The third-order valence-electron chi connectivity index (χ3n) is 4.72. The van der Waals surface area contributed by atoms with E-state index < -0.39 is 0 Å². The lowest BCUT2D eigenvalue weighted by molar-refractivity contribution is 0.0903. The predicted octanol–water partition coefficient (Wildman–Crippen LogP) is 2.63. The summed E-state index contributed by atoms with van der Waals surface area (Å²) in [5.41, 5.74) is 1.07. The van der Waals surface area contributed by atoms with Crippen molar-refractivity contribution in [3.8, 4) is 5.75 Å². The van der Waals surface area contributed by atoms with Crippen LogP contribution in [0.4, 0.5) is 0 Å². The van der Waals surface area contributed by atoms with E-state index in [0.717, 1.165) is 36.8 Å². The van der Waals surface area contributed by atoms with Gasteiger partial charge in [-0.3, -0.25) is 9.78 Å². The van der Waals surface area contributed by atoms with Crippen LogP contribution >= 0.6 is 0 Å². The number of carbonyl (C=O) groups excluding carboxylic acids is 1. The van der Waals surface area contributed by atoms with Crippen LogP contribution in [0.2, 0.25) is 0 Å². The Balaban J connectivity index is 1.38. The Morgan fingerprint density at radius 2 is 2.26 bits per heavy atom. The fourth-order valence-electron chi connectivity index (χ4n) is 3.37. The highest BCUT2D eigenvalue weighted by molar-refractivity contribution is 5.92. The molecule has 2 aromatic heterocycles. The van der Waals surface area contributed by atoms with Crippen LogP contribution in [0.5, 0.6) is 5.75 Å². The summed E-state index contributed by atoms with van der Waals surface area (Å²) in [6.45, 7) is 2.11. The molecule has 1 fully saturated rings. The first-order valence-corrected chi connectivity index (χ1v) is 9.10. The number of hydrogen-bond donors (Lipinski definition) is 1. The molecule has 7 nitrogen and oxygen atoms in total. The monoisotopic (exact) mass is 366 g/mol. The number of nitrogens with one attached hydrogen (secondary N) is 1. The van der Waals surface area contributed by atoms with Gasteiger partial charge in [0.1, 0.15) is 17.9 Å². The maximum absolute atomic E-state index is 12.4. The van der Waals surface area contributed by atoms with Crippen molar-refractivity contribution >= 4 is 16.8 Å². The fourth-order valence-corrected chi connectivity index (χ4v) is 3.37. The standard InChI is InChI=1S/C20H22N4O3/c1-24-10-4-7-15(12-24)22-20(25)17-11-16(27-23-17)13-26-18-8-2-5-14-6-3-9-21-19(14)18/h2-3,5-6,8-9,11,15H,4,7,10,12-13H2,1H3,(H,22,25). The molecule has 3 heterocycles. The minimum absolute atomic E-state index is 0.148. The summed E-state index contributed by atoms with van der Waals surface area (Å²) in [4.78, 5) is 19.0. The smallest absolute Gasteiger partial charge is 0.273 e. The largest absolute Gasteiger partial charge is 0.483 e. The molecule has 0 radical (unpaired) electrons. The van der Waals surface area contributed by atoms with E-state index in [0.29, 0.717) is 11.5 Å². The molecule has 1 atom stereocenters. The van der Waals surface area contributed by atoms with Crippen LogP contribution in [0.3, 0.4) is 0 Å². The van der Waals surface area contributed by atoms with Gasteiger partial charge in [-0.15, -0.1) is 0 Å². The van der Waals surface area contributed by atoms with Gasteiger partial charge in [0.05, 0.1) is 0 Å². The maximum atomic E-state index is 12.4. The third-order valence-corrected chi connectivity index (χ3v) is 4.72. The molecule has 0 saturated carbocycles. The number of para-hydroxylation sites is 1. The first kappa shape index (κ1) is 17.5. The van der Waals surface area contributed by atoms with Crippen LogP contribution in [0.15, 0.2) is 47.1 Å². The summed E-state index contributed by atoms with van der Waals surface area (Å²) in [7, 11) is 2.06. The third kappa shape index (κ3) is 4.09. The number of benzene rings is 1. The molecule has 1 unspecified atom stereocenters. The summed E-state index contributed by atoms with van der Waals surface area (Å²) in [5, 5.41) is 7.91. The number of aromatic nitrogens is 2.